The van der Waals surface area contributed by atoms with E-state index in [-0.39, 0.29) is 0 Å². The molecule has 0 aliphatic heterocycles. The van der Waals surface area contributed by atoms with Crippen LogP contribution >= 0.6 is 0 Å². The summed E-state index contributed by atoms with van der Waals surface area (Å²) in [6.07, 6.45) is 0. The van der Waals surface area contributed by atoms with Crippen molar-refractivity contribution in [1.82, 2.24) is 15.0 Å². The van der Waals surface area contributed by atoms with Crippen LogP contribution in [0.15, 0.2) is 223 Å². The largest absolute Gasteiger partial charge is 0.456 e. The molecule has 5 nitrogen and oxygen atoms in total. The summed E-state index contributed by atoms with van der Waals surface area (Å²) >= 11 is 0. The van der Waals surface area contributed by atoms with Gasteiger partial charge < -0.3 is 9.32 Å². The normalized spacial score (nSPS) is 11.3. The number of anilines is 3. The molecule has 2 heterocycles. The number of aromatic nitrogens is 3. The Kier molecular flexibility index (Phi) is 8.75. The highest BCUT2D eigenvalue weighted by atomic mass is 16.3. The lowest BCUT2D eigenvalue weighted by Gasteiger charge is -2.27. The lowest BCUT2D eigenvalue weighted by molar-refractivity contribution is 0.669. The van der Waals surface area contributed by atoms with Crippen molar-refractivity contribution >= 4 is 49.8 Å². The summed E-state index contributed by atoms with van der Waals surface area (Å²) in [6, 6.07) is 75.8. The molecule has 0 bridgehead atoms. The summed E-state index contributed by atoms with van der Waals surface area (Å²) in [7, 11) is 0. The smallest absolute Gasteiger partial charge is 0.164 e. The minimum atomic E-state index is 0.550. The van der Waals surface area contributed by atoms with E-state index in [1.807, 2.05) is 54.6 Å². The maximum atomic E-state index is 6.72. The van der Waals surface area contributed by atoms with E-state index in [2.05, 4.69) is 169 Å². The second-order valence-electron chi connectivity index (χ2n) is 14.8. The van der Waals surface area contributed by atoms with Gasteiger partial charge in [0, 0.05) is 33.5 Å². The molecule has 9 aromatic carbocycles. The van der Waals surface area contributed by atoms with E-state index in [9.17, 15) is 0 Å². The molecular formula is C55H36N4O. The Balaban J connectivity index is 1.16. The molecule has 11 aromatic rings. The SMILES string of the molecule is c1ccc(-c2ccc(N(c3ccc(-c4ccccc4)cc3)c3cc(-c4nc(-c5ccccc5)nc(-c5cccc6ccccc56)n4)cc4oc5ccccc5c34)cc2)cc1. The van der Waals surface area contributed by atoms with Gasteiger partial charge in [-0.15, -0.1) is 0 Å². The van der Waals surface area contributed by atoms with Gasteiger partial charge >= 0.3 is 0 Å². The van der Waals surface area contributed by atoms with Crippen LogP contribution in [0.4, 0.5) is 17.1 Å². The molecular weight excluding hydrogens is 733 g/mol. The van der Waals surface area contributed by atoms with Gasteiger partial charge in [0.2, 0.25) is 0 Å². The molecule has 0 saturated carbocycles. The van der Waals surface area contributed by atoms with Crippen molar-refractivity contribution in [3.63, 3.8) is 0 Å². The summed E-state index contributed by atoms with van der Waals surface area (Å²) in [5, 5.41) is 4.23. The first-order chi connectivity index (χ1) is 29.7. The Labute approximate surface area is 347 Å². The Morgan fingerprint density at radius 1 is 0.333 bits per heavy atom. The molecule has 0 N–H and O–H groups in total. The lowest BCUT2D eigenvalue weighted by Crippen LogP contribution is -2.11. The van der Waals surface area contributed by atoms with Crippen molar-refractivity contribution in [2.75, 3.05) is 4.90 Å². The zero-order chi connectivity index (χ0) is 39.8. The topological polar surface area (TPSA) is 55.1 Å². The summed E-state index contributed by atoms with van der Waals surface area (Å²) in [5.74, 6) is 1.75. The molecule has 2 aromatic heterocycles. The highest BCUT2D eigenvalue weighted by Gasteiger charge is 2.23. The Bertz CT molecular complexity index is 3200. The van der Waals surface area contributed by atoms with Crippen LogP contribution in [0, 0.1) is 0 Å². The minimum Gasteiger partial charge on any atom is -0.456 e. The van der Waals surface area contributed by atoms with E-state index in [4.69, 9.17) is 19.4 Å². The van der Waals surface area contributed by atoms with Crippen molar-refractivity contribution in [2.24, 2.45) is 0 Å². The molecule has 60 heavy (non-hydrogen) atoms. The van der Waals surface area contributed by atoms with Crippen LogP contribution in [0.25, 0.3) is 89.1 Å². The highest BCUT2D eigenvalue weighted by Crippen LogP contribution is 2.46. The van der Waals surface area contributed by atoms with Crippen molar-refractivity contribution in [3.8, 4) is 56.4 Å². The van der Waals surface area contributed by atoms with E-state index < -0.39 is 0 Å². The average molecular weight is 769 g/mol. The maximum Gasteiger partial charge on any atom is 0.164 e. The molecule has 0 aliphatic rings. The standard InChI is InChI=1S/C55H36N4O/c1-4-15-37(16-5-1)39-27-31-44(32-28-39)59(45-33-29-40(30-34-45)38-17-6-2-7-18-38)49-35-43(36-51-52(49)48-24-12-13-26-50(48)60-51)54-56-53(42-20-8-3-9-21-42)57-55(58-54)47-25-14-22-41-19-10-11-23-46(41)47/h1-36H. The molecule has 0 saturated heterocycles. The van der Waals surface area contributed by atoms with Crippen LogP contribution in [0.3, 0.4) is 0 Å². The van der Waals surface area contributed by atoms with Crippen LogP contribution in [0.2, 0.25) is 0 Å². The van der Waals surface area contributed by atoms with Crippen LogP contribution in [-0.4, -0.2) is 15.0 Å². The second-order valence-corrected chi connectivity index (χ2v) is 14.8. The van der Waals surface area contributed by atoms with Crippen LogP contribution < -0.4 is 4.90 Å². The number of para-hydroxylation sites is 1. The number of nitrogens with zero attached hydrogens (tertiary/aromatic N) is 4. The molecule has 11 rings (SSSR count). The molecule has 0 radical (unpaired) electrons. The predicted octanol–water partition coefficient (Wildman–Crippen LogP) is 14.7. The first kappa shape index (κ1) is 35.0. The lowest BCUT2D eigenvalue weighted by atomic mass is 10.0. The van der Waals surface area contributed by atoms with E-state index >= 15 is 0 Å². The Hall–Kier alpha value is -8.15. The van der Waals surface area contributed by atoms with E-state index in [1.54, 1.807) is 0 Å². The molecule has 0 spiro atoms. The Morgan fingerprint density at radius 3 is 1.45 bits per heavy atom. The zero-order valence-electron chi connectivity index (χ0n) is 32.5. The fourth-order valence-electron chi connectivity index (χ4n) is 8.19. The van der Waals surface area contributed by atoms with Gasteiger partial charge in [-0.25, -0.2) is 15.0 Å². The number of furan rings is 1. The molecule has 0 unspecified atom stereocenters. The number of hydrogen-bond acceptors (Lipinski definition) is 5. The number of benzene rings is 9. The monoisotopic (exact) mass is 768 g/mol. The van der Waals surface area contributed by atoms with Gasteiger partial charge in [-0.05, 0) is 75.5 Å². The average Bonchev–Trinajstić information content (AvgIpc) is 3.71. The highest BCUT2D eigenvalue weighted by molar-refractivity contribution is 6.14. The molecule has 0 atom stereocenters. The molecule has 282 valence electrons. The second kappa shape index (κ2) is 15.0. The number of rotatable bonds is 8. The molecule has 0 aliphatic carbocycles. The van der Waals surface area contributed by atoms with Crippen LogP contribution in [-0.2, 0) is 0 Å². The third kappa shape index (κ3) is 6.45. The first-order valence-electron chi connectivity index (χ1n) is 20.1. The molecule has 0 amide bonds. The molecule has 0 fully saturated rings. The van der Waals surface area contributed by atoms with Gasteiger partial charge in [-0.2, -0.15) is 0 Å². The number of hydrogen-bond donors (Lipinski definition) is 0. The minimum absolute atomic E-state index is 0.550. The van der Waals surface area contributed by atoms with Crippen molar-refractivity contribution < 1.29 is 4.42 Å². The predicted molar refractivity (Wildman–Crippen MR) is 246 cm³/mol. The fourth-order valence-corrected chi connectivity index (χ4v) is 8.19. The Morgan fingerprint density at radius 2 is 0.817 bits per heavy atom. The van der Waals surface area contributed by atoms with E-state index in [0.29, 0.717) is 17.5 Å². The zero-order valence-corrected chi connectivity index (χ0v) is 32.5. The summed E-state index contributed by atoms with van der Waals surface area (Å²) in [6.45, 7) is 0. The van der Waals surface area contributed by atoms with Gasteiger partial charge in [0.15, 0.2) is 17.5 Å². The fraction of sp³-hybridized carbons (Fsp3) is 0. The van der Waals surface area contributed by atoms with Gasteiger partial charge in [0.25, 0.3) is 0 Å². The quantitative estimate of drug-likeness (QED) is 0.154. The van der Waals surface area contributed by atoms with Crippen LogP contribution in [0.5, 0.6) is 0 Å². The first-order valence-corrected chi connectivity index (χ1v) is 20.1. The third-order valence-electron chi connectivity index (χ3n) is 11.1. The van der Waals surface area contributed by atoms with Gasteiger partial charge in [-0.1, -0.05) is 176 Å². The van der Waals surface area contributed by atoms with Crippen molar-refractivity contribution in [2.45, 2.75) is 0 Å². The van der Waals surface area contributed by atoms with Gasteiger partial charge in [0.05, 0.1) is 11.1 Å². The van der Waals surface area contributed by atoms with Crippen molar-refractivity contribution in [3.05, 3.63) is 218 Å². The van der Waals surface area contributed by atoms with Gasteiger partial charge in [0.1, 0.15) is 11.2 Å². The van der Waals surface area contributed by atoms with Gasteiger partial charge in [-0.3, -0.25) is 0 Å². The third-order valence-corrected chi connectivity index (χ3v) is 11.1. The maximum absolute atomic E-state index is 6.72. The van der Waals surface area contributed by atoms with Crippen molar-refractivity contribution in [1.29, 1.82) is 0 Å². The summed E-state index contributed by atoms with van der Waals surface area (Å²) in [4.78, 5) is 17.9. The van der Waals surface area contributed by atoms with E-state index in [1.165, 1.54) is 11.1 Å². The summed E-state index contributed by atoms with van der Waals surface area (Å²) in [5.41, 5.74) is 11.8. The summed E-state index contributed by atoms with van der Waals surface area (Å²) < 4.78 is 6.72. The molecule has 5 heteroatoms. The van der Waals surface area contributed by atoms with Crippen LogP contribution in [0.1, 0.15) is 0 Å². The van der Waals surface area contributed by atoms with E-state index in [0.717, 1.165) is 77.6 Å². The number of fused-ring (bicyclic) bond motifs is 4.